The average molecular weight is 458 g/mol. The summed E-state index contributed by atoms with van der Waals surface area (Å²) in [7, 11) is 0. The lowest BCUT2D eigenvalue weighted by Crippen LogP contribution is -2.38. The molecule has 0 spiro atoms. The van der Waals surface area contributed by atoms with Crippen LogP contribution in [-0.2, 0) is 11.3 Å². The van der Waals surface area contributed by atoms with E-state index in [1.165, 1.54) is 16.8 Å². The van der Waals surface area contributed by atoms with Gasteiger partial charge in [-0.3, -0.25) is 9.59 Å². The number of ether oxygens (including phenoxy) is 1. The zero-order chi connectivity index (χ0) is 23.5. The van der Waals surface area contributed by atoms with Crippen LogP contribution in [0.2, 0.25) is 0 Å². The number of benzene rings is 3. The molecular weight excluding hydrogens is 433 g/mol. The minimum absolute atomic E-state index is 0.0937. The van der Waals surface area contributed by atoms with Crippen LogP contribution in [0.1, 0.15) is 28.9 Å². The van der Waals surface area contributed by atoms with Gasteiger partial charge in [0.1, 0.15) is 5.82 Å². The van der Waals surface area contributed by atoms with E-state index in [-0.39, 0.29) is 35.6 Å². The van der Waals surface area contributed by atoms with Gasteiger partial charge in [-0.25, -0.2) is 4.39 Å². The summed E-state index contributed by atoms with van der Waals surface area (Å²) in [4.78, 5) is 28.8. The first-order valence-electron chi connectivity index (χ1n) is 11.3. The van der Waals surface area contributed by atoms with Crippen molar-refractivity contribution >= 4 is 16.7 Å². The minimum Gasteiger partial charge on any atom is -0.376 e. The molecule has 7 heteroatoms. The van der Waals surface area contributed by atoms with Crippen LogP contribution in [0.5, 0.6) is 0 Å². The summed E-state index contributed by atoms with van der Waals surface area (Å²) in [5, 5.41) is 5.42. The Morgan fingerprint density at radius 1 is 1.03 bits per heavy atom. The predicted molar refractivity (Wildman–Crippen MR) is 127 cm³/mol. The molecule has 1 saturated heterocycles. The molecule has 1 amide bonds. The van der Waals surface area contributed by atoms with Crippen LogP contribution >= 0.6 is 0 Å². The summed E-state index contributed by atoms with van der Waals surface area (Å²) in [6.07, 6.45) is 1.70. The van der Waals surface area contributed by atoms with Crippen molar-refractivity contribution in [3.63, 3.8) is 0 Å². The van der Waals surface area contributed by atoms with Crippen molar-refractivity contribution in [2.75, 3.05) is 13.2 Å². The number of hydrogen-bond donors (Lipinski definition) is 0. The molecule has 1 unspecified atom stereocenters. The zero-order valence-electron chi connectivity index (χ0n) is 18.6. The Hall–Kier alpha value is -3.84. The average Bonchev–Trinajstić information content (AvgIpc) is 3.37. The van der Waals surface area contributed by atoms with Crippen molar-refractivity contribution in [3.8, 4) is 5.69 Å². The molecule has 0 bridgehead atoms. The minimum atomic E-state index is -0.358. The molecule has 1 aliphatic heterocycles. The third-order valence-corrected chi connectivity index (χ3v) is 6.01. The number of fused-ring (bicyclic) bond motifs is 1. The van der Waals surface area contributed by atoms with E-state index >= 15 is 0 Å². The molecule has 5 rings (SSSR count). The van der Waals surface area contributed by atoms with Gasteiger partial charge in [0.05, 0.1) is 17.2 Å². The molecule has 172 valence electrons. The first-order valence-corrected chi connectivity index (χ1v) is 11.3. The van der Waals surface area contributed by atoms with Gasteiger partial charge in [-0.05, 0) is 48.7 Å². The zero-order valence-corrected chi connectivity index (χ0v) is 18.6. The van der Waals surface area contributed by atoms with Gasteiger partial charge in [0.2, 0.25) is 0 Å². The van der Waals surface area contributed by atoms with Gasteiger partial charge in [-0.15, -0.1) is 0 Å². The molecular formula is C27H24FN3O3. The maximum absolute atomic E-state index is 13.9. The van der Waals surface area contributed by atoms with E-state index in [0.717, 1.165) is 12.8 Å². The number of para-hydroxylation sites is 1. The quantitative estimate of drug-likeness (QED) is 0.432. The number of carbonyl (C=O) groups is 1. The van der Waals surface area contributed by atoms with Gasteiger partial charge in [0.25, 0.3) is 11.5 Å². The molecule has 1 atom stereocenters. The summed E-state index contributed by atoms with van der Waals surface area (Å²) in [5.41, 5.74) is 1.12. The predicted octanol–water partition coefficient (Wildman–Crippen LogP) is 4.35. The van der Waals surface area contributed by atoms with Gasteiger partial charge < -0.3 is 9.64 Å². The second kappa shape index (κ2) is 9.57. The highest BCUT2D eigenvalue weighted by Gasteiger charge is 2.27. The Morgan fingerprint density at radius 2 is 1.79 bits per heavy atom. The maximum Gasteiger partial charge on any atom is 0.279 e. The second-order valence-electron chi connectivity index (χ2n) is 8.40. The Morgan fingerprint density at radius 3 is 2.53 bits per heavy atom. The lowest BCUT2D eigenvalue weighted by atomic mass is 10.1. The van der Waals surface area contributed by atoms with Crippen molar-refractivity contribution < 1.29 is 13.9 Å². The smallest absolute Gasteiger partial charge is 0.279 e. The number of amides is 1. The highest BCUT2D eigenvalue weighted by atomic mass is 19.1. The molecule has 0 aliphatic carbocycles. The van der Waals surface area contributed by atoms with Crippen molar-refractivity contribution in [2.24, 2.45) is 0 Å². The lowest BCUT2D eigenvalue weighted by Gasteiger charge is -2.26. The largest absolute Gasteiger partial charge is 0.376 e. The molecule has 3 aromatic carbocycles. The van der Waals surface area contributed by atoms with E-state index in [9.17, 15) is 14.0 Å². The number of rotatable bonds is 6. The highest BCUT2D eigenvalue weighted by molar-refractivity contribution is 6.04. The van der Waals surface area contributed by atoms with Crippen LogP contribution in [0.4, 0.5) is 4.39 Å². The fraction of sp³-hybridized carbons (Fsp3) is 0.222. The number of carbonyl (C=O) groups excluding carboxylic acids is 1. The Kier molecular flexibility index (Phi) is 6.18. The molecule has 6 nitrogen and oxygen atoms in total. The molecule has 1 fully saturated rings. The van der Waals surface area contributed by atoms with Crippen LogP contribution in [0.3, 0.4) is 0 Å². The highest BCUT2D eigenvalue weighted by Crippen LogP contribution is 2.21. The fourth-order valence-corrected chi connectivity index (χ4v) is 4.35. The van der Waals surface area contributed by atoms with E-state index in [1.807, 2.05) is 18.2 Å². The first kappa shape index (κ1) is 22.0. The third kappa shape index (κ3) is 4.47. The van der Waals surface area contributed by atoms with Gasteiger partial charge in [0, 0.05) is 25.1 Å². The standard InChI is InChI=1S/C27H24FN3O3/c28-20-9-6-8-19(16-20)17-30(18-22-12-7-15-34-22)27(33)25-23-13-4-5-14-24(23)26(32)31(29-25)21-10-2-1-3-11-21/h1-6,8-11,13-14,16,22H,7,12,15,17-18H2. The SMILES string of the molecule is O=C(c1nn(-c2ccccc2)c(=O)c2ccccc12)N(Cc1cccc(F)c1)CC1CCCO1. The van der Waals surface area contributed by atoms with E-state index in [1.54, 1.807) is 53.4 Å². The summed E-state index contributed by atoms with van der Waals surface area (Å²) < 4.78 is 20.9. The van der Waals surface area contributed by atoms with E-state index in [2.05, 4.69) is 5.10 Å². The van der Waals surface area contributed by atoms with Crippen LogP contribution < -0.4 is 5.56 Å². The van der Waals surface area contributed by atoms with Gasteiger partial charge in [0.15, 0.2) is 5.69 Å². The second-order valence-corrected chi connectivity index (χ2v) is 8.40. The summed E-state index contributed by atoms with van der Waals surface area (Å²) >= 11 is 0. The normalized spacial score (nSPS) is 15.5. The number of aromatic nitrogens is 2. The Labute approximate surface area is 196 Å². The van der Waals surface area contributed by atoms with E-state index in [0.29, 0.717) is 35.2 Å². The van der Waals surface area contributed by atoms with E-state index in [4.69, 9.17) is 4.74 Å². The molecule has 4 aromatic rings. The summed E-state index contributed by atoms with van der Waals surface area (Å²) in [5.74, 6) is -0.691. The summed E-state index contributed by atoms with van der Waals surface area (Å²) in [6, 6.07) is 22.2. The summed E-state index contributed by atoms with van der Waals surface area (Å²) in [6.45, 7) is 1.22. The van der Waals surface area contributed by atoms with Crippen LogP contribution in [0.25, 0.3) is 16.5 Å². The van der Waals surface area contributed by atoms with Gasteiger partial charge in [-0.1, -0.05) is 48.5 Å². The maximum atomic E-state index is 13.9. The molecule has 1 aromatic heterocycles. The molecule has 0 saturated carbocycles. The molecule has 34 heavy (non-hydrogen) atoms. The number of hydrogen-bond acceptors (Lipinski definition) is 4. The van der Waals surface area contributed by atoms with Crippen LogP contribution in [0, 0.1) is 5.82 Å². The molecule has 1 aliphatic rings. The van der Waals surface area contributed by atoms with Gasteiger partial charge in [-0.2, -0.15) is 9.78 Å². The first-order chi connectivity index (χ1) is 16.6. The van der Waals surface area contributed by atoms with Crippen molar-refractivity contribution in [2.45, 2.75) is 25.5 Å². The monoisotopic (exact) mass is 457 g/mol. The topological polar surface area (TPSA) is 64.4 Å². The van der Waals surface area contributed by atoms with E-state index < -0.39 is 0 Å². The number of nitrogens with zero attached hydrogens (tertiary/aromatic N) is 3. The van der Waals surface area contributed by atoms with Crippen molar-refractivity contribution in [1.82, 2.24) is 14.7 Å². The molecule has 0 radical (unpaired) electrons. The fourth-order valence-electron chi connectivity index (χ4n) is 4.35. The molecule has 0 N–H and O–H groups in total. The van der Waals surface area contributed by atoms with Crippen LogP contribution in [0.15, 0.2) is 83.7 Å². The van der Waals surface area contributed by atoms with Gasteiger partial charge >= 0.3 is 0 Å². The number of halogens is 1. The van der Waals surface area contributed by atoms with Crippen LogP contribution in [-0.4, -0.2) is 39.8 Å². The molecule has 2 heterocycles. The Bertz CT molecular complexity index is 1380. The van der Waals surface area contributed by atoms with Crippen molar-refractivity contribution in [3.05, 3.63) is 106 Å². The Balaban J connectivity index is 1.61. The van der Waals surface area contributed by atoms with Crippen molar-refractivity contribution in [1.29, 1.82) is 0 Å². The third-order valence-electron chi connectivity index (χ3n) is 6.01. The lowest BCUT2D eigenvalue weighted by molar-refractivity contribution is 0.0503.